The van der Waals surface area contributed by atoms with E-state index in [4.69, 9.17) is 19.2 Å². The van der Waals surface area contributed by atoms with Crippen LogP contribution in [0.2, 0.25) is 0 Å². The molecule has 1 aromatic carbocycles. The first-order valence-electron chi connectivity index (χ1n) is 14.9. The Balaban J connectivity index is 1.67. The second-order valence-corrected chi connectivity index (χ2v) is 15.0. The van der Waals surface area contributed by atoms with Crippen LogP contribution >= 0.6 is 0 Å². The fourth-order valence-corrected chi connectivity index (χ4v) is 6.70. The van der Waals surface area contributed by atoms with Gasteiger partial charge in [0, 0.05) is 36.0 Å². The molecule has 3 rings (SSSR count). The van der Waals surface area contributed by atoms with Crippen molar-refractivity contribution < 1.29 is 32.2 Å². The van der Waals surface area contributed by atoms with Crippen molar-refractivity contribution in [2.45, 2.75) is 116 Å². The molecule has 2 amide bonds. The van der Waals surface area contributed by atoms with E-state index in [2.05, 4.69) is 15.4 Å². The summed E-state index contributed by atoms with van der Waals surface area (Å²) in [6.45, 7) is 14.7. The number of aliphatic imine (C=N–C) groups is 1. The number of sulfonamides is 1. The first kappa shape index (κ1) is 34.4. The lowest BCUT2D eigenvalue weighted by Crippen LogP contribution is -2.40. The molecule has 11 nitrogen and oxygen atoms in total. The number of nitrogens with zero attached hydrogens (tertiary/aromatic N) is 1. The summed E-state index contributed by atoms with van der Waals surface area (Å²) in [6, 6.07) is 5.07. The van der Waals surface area contributed by atoms with Crippen LogP contribution < -0.4 is 20.1 Å². The molecule has 3 N–H and O–H groups in total. The summed E-state index contributed by atoms with van der Waals surface area (Å²) >= 11 is 0. The lowest BCUT2D eigenvalue weighted by Gasteiger charge is -2.29. The Kier molecular flexibility index (Phi) is 11.3. The number of alkyl carbamates (subject to hydrolysis) is 2. The van der Waals surface area contributed by atoms with Crippen LogP contribution in [0.1, 0.15) is 93.1 Å². The van der Waals surface area contributed by atoms with Gasteiger partial charge in [-0.25, -0.2) is 22.7 Å². The van der Waals surface area contributed by atoms with Gasteiger partial charge in [-0.3, -0.25) is 4.99 Å². The molecule has 0 saturated heterocycles. The Labute approximate surface area is 256 Å². The molecule has 0 bridgehead atoms. The van der Waals surface area contributed by atoms with Crippen molar-refractivity contribution >= 4 is 33.5 Å². The smallest absolute Gasteiger partial charge is 0.407 e. The van der Waals surface area contributed by atoms with Crippen molar-refractivity contribution in [3.8, 4) is 5.75 Å². The van der Waals surface area contributed by atoms with Crippen LogP contribution in [0.25, 0.3) is 5.57 Å². The van der Waals surface area contributed by atoms with Gasteiger partial charge in [-0.1, -0.05) is 0 Å². The number of carbonyl (C=O) groups is 2. The molecule has 240 valence electrons. The molecule has 1 fully saturated rings. The van der Waals surface area contributed by atoms with Gasteiger partial charge in [-0.15, -0.1) is 0 Å². The minimum Gasteiger partial charge on any atom is -0.492 e. The van der Waals surface area contributed by atoms with Crippen LogP contribution in [-0.4, -0.2) is 62.8 Å². The predicted octanol–water partition coefficient (Wildman–Crippen LogP) is 5.55. The average Bonchev–Trinajstić information content (AvgIpc) is 3.34. The number of ether oxygens (including phenoxy) is 3. The minimum absolute atomic E-state index is 0.0732. The van der Waals surface area contributed by atoms with E-state index < -0.39 is 27.3 Å². The highest BCUT2D eigenvalue weighted by Gasteiger charge is 2.31. The van der Waals surface area contributed by atoms with Gasteiger partial charge in [-0.05, 0) is 110 Å². The SMILES string of the molecule is CC(C)OC(=O)NC1CCC(C2=NC=C(c3ccc(OCCNC(=O)OC(C)(C)C)cc3S(=O)(=O)NC(C)(C)C)C2)CC1. The van der Waals surface area contributed by atoms with Crippen LogP contribution in [0.15, 0.2) is 34.3 Å². The maximum absolute atomic E-state index is 13.6. The van der Waals surface area contributed by atoms with Crippen molar-refractivity contribution in [3.63, 3.8) is 0 Å². The first-order chi connectivity index (χ1) is 19.9. The summed E-state index contributed by atoms with van der Waals surface area (Å²) in [5.41, 5.74) is 1.12. The van der Waals surface area contributed by atoms with Gasteiger partial charge in [0.15, 0.2) is 0 Å². The average molecular weight is 621 g/mol. The first-order valence-corrected chi connectivity index (χ1v) is 16.4. The van der Waals surface area contributed by atoms with E-state index in [1.54, 1.807) is 59.9 Å². The van der Waals surface area contributed by atoms with Gasteiger partial charge in [0.2, 0.25) is 10.0 Å². The van der Waals surface area contributed by atoms with Crippen LogP contribution in [-0.2, 0) is 19.5 Å². The number of hydrogen-bond donors (Lipinski definition) is 3. The van der Waals surface area contributed by atoms with Crippen LogP contribution in [0.4, 0.5) is 9.59 Å². The molecule has 0 radical (unpaired) electrons. The molecular formula is C31H48N4O7S. The number of carbonyl (C=O) groups excluding carboxylic acids is 2. The van der Waals surface area contributed by atoms with Crippen molar-refractivity contribution in [1.82, 2.24) is 15.4 Å². The van der Waals surface area contributed by atoms with Gasteiger partial charge < -0.3 is 24.8 Å². The Morgan fingerprint density at radius 1 is 1.02 bits per heavy atom. The maximum atomic E-state index is 13.6. The highest BCUT2D eigenvalue weighted by atomic mass is 32.2. The monoisotopic (exact) mass is 620 g/mol. The Morgan fingerprint density at radius 2 is 1.70 bits per heavy atom. The zero-order chi connectivity index (χ0) is 32.0. The molecule has 1 aliphatic heterocycles. The highest BCUT2D eigenvalue weighted by molar-refractivity contribution is 7.89. The second kappa shape index (κ2) is 14.1. The molecule has 12 heteroatoms. The molecule has 43 heavy (non-hydrogen) atoms. The van der Waals surface area contributed by atoms with E-state index in [0.717, 1.165) is 37.0 Å². The molecule has 1 aliphatic carbocycles. The van der Waals surface area contributed by atoms with Crippen LogP contribution in [0, 0.1) is 5.92 Å². The fourth-order valence-electron chi connectivity index (χ4n) is 5.02. The largest absolute Gasteiger partial charge is 0.492 e. The molecule has 2 aliphatic rings. The number of benzene rings is 1. The van der Waals surface area contributed by atoms with Gasteiger partial charge in [0.25, 0.3) is 0 Å². The van der Waals surface area contributed by atoms with Crippen molar-refractivity contribution in [3.05, 3.63) is 30.0 Å². The lowest BCUT2D eigenvalue weighted by atomic mass is 9.81. The van der Waals surface area contributed by atoms with Gasteiger partial charge in [0.1, 0.15) is 18.0 Å². The molecule has 0 spiro atoms. The Bertz CT molecular complexity index is 1320. The number of rotatable bonds is 10. The minimum atomic E-state index is -3.91. The normalized spacial score (nSPS) is 19.4. The Hall–Kier alpha value is -3.12. The van der Waals surface area contributed by atoms with E-state index in [-0.39, 0.29) is 42.2 Å². The van der Waals surface area contributed by atoms with Crippen LogP contribution in [0.3, 0.4) is 0 Å². The number of hydrogen-bond acceptors (Lipinski definition) is 8. The fraction of sp³-hybridized carbons (Fsp3) is 0.645. The lowest BCUT2D eigenvalue weighted by molar-refractivity contribution is 0.0520. The third-order valence-electron chi connectivity index (χ3n) is 6.69. The number of nitrogens with one attached hydrogen (secondary N) is 3. The molecule has 1 saturated carbocycles. The standard InChI is InChI=1S/C31H48N4O7S/c1-20(2)41-29(37)34-23-11-9-21(10-12-23)26-17-22(19-33-26)25-14-13-24(18-27(25)43(38,39)35-30(3,4)5)40-16-15-32-28(36)42-31(6,7)8/h13-14,18-21,23,35H,9-12,15-17H2,1-8H3,(H,32,36)(H,34,37). The third kappa shape index (κ3) is 11.1. The molecular weight excluding hydrogens is 572 g/mol. The highest BCUT2D eigenvalue weighted by Crippen LogP contribution is 2.36. The van der Waals surface area contributed by atoms with Crippen molar-refractivity contribution in [1.29, 1.82) is 0 Å². The van der Waals surface area contributed by atoms with E-state index in [9.17, 15) is 18.0 Å². The topological polar surface area (TPSA) is 144 Å². The van der Waals surface area contributed by atoms with Crippen molar-refractivity contribution in [2.24, 2.45) is 10.9 Å². The van der Waals surface area contributed by atoms with Gasteiger partial charge in [-0.2, -0.15) is 0 Å². The van der Waals surface area contributed by atoms with Gasteiger partial charge >= 0.3 is 12.2 Å². The summed E-state index contributed by atoms with van der Waals surface area (Å²) in [5.74, 6) is 0.631. The summed E-state index contributed by atoms with van der Waals surface area (Å²) in [5, 5.41) is 5.58. The molecule has 0 atom stereocenters. The number of amides is 2. The summed E-state index contributed by atoms with van der Waals surface area (Å²) in [4.78, 5) is 28.7. The predicted molar refractivity (Wildman–Crippen MR) is 167 cm³/mol. The summed E-state index contributed by atoms with van der Waals surface area (Å²) in [7, 11) is -3.91. The van der Waals surface area contributed by atoms with Crippen LogP contribution in [0.5, 0.6) is 5.75 Å². The molecule has 0 aromatic heterocycles. The molecule has 1 aromatic rings. The maximum Gasteiger partial charge on any atom is 0.407 e. The van der Waals surface area contributed by atoms with E-state index in [1.807, 2.05) is 13.8 Å². The zero-order valence-corrected chi connectivity index (χ0v) is 27.5. The third-order valence-corrected chi connectivity index (χ3v) is 8.49. The quantitative estimate of drug-likeness (QED) is 0.291. The van der Waals surface area contributed by atoms with E-state index >= 15 is 0 Å². The second-order valence-electron chi connectivity index (χ2n) is 13.4. The zero-order valence-electron chi connectivity index (χ0n) is 26.7. The number of allylic oxidation sites excluding steroid dienone is 1. The van der Waals surface area contributed by atoms with E-state index in [1.165, 1.54) is 6.07 Å². The van der Waals surface area contributed by atoms with Gasteiger partial charge in [0.05, 0.1) is 17.5 Å². The summed E-state index contributed by atoms with van der Waals surface area (Å²) in [6.07, 6.45) is 4.64. The summed E-state index contributed by atoms with van der Waals surface area (Å²) < 4.78 is 46.1. The Morgan fingerprint density at radius 3 is 2.30 bits per heavy atom. The molecule has 1 heterocycles. The molecule has 0 unspecified atom stereocenters. The van der Waals surface area contributed by atoms with Crippen molar-refractivity contribution in [2.75, 3.05) is 13.2 Å². The van der Waals surface area contributed by atoms with E-state index in [0.29, 0.717) is 17.7 Å².